The van der Waals surface area contributed by atoms with Crippen molar-refractivity contribution in [2.75, 3.05) is 6.61 Å². The number of amides is 2. The van der Waals surface area contributed by atoms with Crippen LogP contribution in [-0.4, -0.2) is 34.6 Å². The first-order valence-electron chi connectivity index (χ1n) is 9.72. The summed E-state index contributed by atoms with van der Waals surface area (Å²) in [5.74, 6) is -2.02. The molecule has 160 valence electrons. The van der Waals surface area contributed by atoms with E-state index in [0.29, 0.717) is 22.0 Å². The number of ether oxygens (including phenoxy) is 1. The predicted octanol–water partition coefficient (Wildman–Crippen LogP) is 2.26. The number of hydrogen-bond acceptors (Lipinski definition) is 6. The number of hydrogen-bond donors (Lipinski definition) is 2. The van der Waals surface area contributed by atoms with Gasteiger partial charge in [0, 0.05) is 10.9 Å². The molecule has 0 unspecified atom stereocenters. The lowest BCUT2D eigenvalue weighted by atomic mass is 9.87. The Kier molecular flexibility index (Phi) is 6.29. The van der Waals surface area contributed by atoms with Gasteiger partial charge in [-0.2, -0.15) is 5.10 Å². The molecule has 31 heavy (non-hydrogen) atoms. The van der Waals surface area contributed by atoms with Gasteiger partial charge in [0.05, 0.1) is 17.5 Å². The Morgan fingerprint density at radius 2 is 1.65 bits per heavy atom. The van der Waals surface area contributed by atoms with Crippen LogP contribution in [-0.2, 0) is 26.2 Å². The Hall–Kier alpha value is -3.81. The number of carbonyl (C=O) groups is 3. The zero-order valence-corrected chi connectivity index (χ0v) is 17.5. The Bertz CT molecular complexity index is 1190. The van der Waals surface area contributed by atoms with E-state index in [-0.39, 0.29) is 17.4 Å². The van der Waals surface area contributed by atoms with Crippen LogP contribution < -0.4 is 10.9 Å². The molecule has 0 saturated heterocycles. The van der Waals surface area contributed by atoms with E-state index in [2.05, 4.69) is 36.3 Å². The van der Waals surface area contributed by atoms with Gasteiger partial charge in [0.15, 0.2) is 6.61 Å². The topological polar surface area (TPSA) is 118 Å². The largest absolute Gasteiger partial charge is 0.455 e. The number of fused-ring (bicyclic) bond motifs is 1. The quantitative estimate of drug-likeness (QED) is 0.610. The number of benzene rings is 2. The van der Waals surface area contributed by atoms with E-state index in [9.17, 15) is 19.2 Å². The fourth-order valence-electron chi connectivity index (χ4n) is 3.00. The summed E-state index contributed by atoms with van der Waals surface area (Å²) < 4.78 is 4.95. The highest BCUT2D eigenvalue weighted by atomic mass is 16.5. The molecule has 2 aromatic carbocycles. The maximum absolute atomic E-state index is 12.2. The summed E-state index contributed by atoms with van der Waals surface area (Å²) in [6, 6.07) is 13.7. The van der Waals surface area contributed by atoms with Crippen LogP contribution in [0.5, 0.6) is 0 Å². The van der Waals surface area contributed by atoms with E-state index in [1.165, 1.54) is 0 Å². The number of rotatable bonds is 5. The molecule has 0 bridgehead atoms. The Labute approximate surface area is 178 Å². The standard InChI is InChI=1S/C23H23N3O5/c1-23(2,3)15-10-8-14(9-11-15)21(29)24-19(27)13-31-20(28)12-18-16-6-4-5-7-17(16)22(30)26-25-18/h4-11H,12-13H2,1-3H3,(H,26,30)(H,24,27,29). The molecule has 8 nitrogen and oxygen atoms in total. The van der Waals surface area contributed by atoms with Crippen molar-refractivity contribution in [3.63, 3.8) is 0 Å². The van der Waals surface area contributed by atoms with Gasteiger partial charge in [-0.1, -0.05) is 51.1 Å². The van der Waals surface area contributed by atoms with E-state index in [4.69, 9.17) is 4.74 Å². The first-order chi connectivity index (χ1) is 14.6. The normalized spacial score (nSPS) is 11.2. The smallest absolute Gasteiger partial charge is 0.312 e. The van der Waals surface area contributed by atoms with E-state index in [1.54, 1.807) is 36.4 Å². The van der Waals surface area contributed by atoms with Crippen molar-refractivity contribution >= 4 is 28.6 Å². The molecule has 0 atom stereocenters. The molecule has 0 aliphatic rings. The molecular weight excluding hydrogens is 398 g/mol. The summed E-state index contributed by atoms with van der Waals surface area (Å²) in [5, 5.41) is 9.35. The van der Waals surface area contributed by atoms with Crippen molar-refractivity contribution in [1.29, 1.82) is 0 Å². The lowest BCUT2D eigenvalue weighted by Crippen LogP contribution is -2.34. The lowest BCUT2D eigenvalue weighted by Gasteiger charge is -2.18. The highest BCUT2D eigenvalue weighted by Crippen LogP contribution is 2.22. The molecular formula is C23H23N3O5. The number of nitrogens with zero attached hydrogens (tertiary/aromatic N) is 1. The van der Waals surface area contributed by atoms with Crippen molar-refractivity contribution in [2.24, 2.45) is 0 Å². The van der Waals surface area contributed by atoms with Crippen LogP contribution >= 0.6 is 0 Å². The van der Waals surface area contributed by atoms with Gasteiger partial charge in [-0.25, -0.2) is 5.10 Å². The Morgan fingerprint density at radius 3 is 2.29 bits per heavy atom. The monoisotopic (exact) mass is 421 g/mol. The summed E-state index contributed by atoms with van der Waals surface area (Å²) in [6.07, 6.45) is -0.229. The van der Waals surface area contributed by atoms with Gasteiger partial charge in [-0.3, -0.25) is 24.5 Å². The van der Waals surface area contributed by atoms with Crippen LogP contribution in [0.4, 0.5) is 0 Å². The molecule has 0 spiro atoms. The minimum atomic E-state index is -0.738. The van der Waals surface area contributed by atoms with Gasteiger partial charge in [0.25, 0.3) is 17.4 Å². The van der Waals surface area contributed by atoms with Crippen LogP contribution in [0.2, 0.25) is 0 Å². The third-order valence-corrected chi connectivity index (χ3v) is 4.72. The predicted molar refractivity (Wildman–Crippen MR) is 115 cm³/mol. The van der Waals surface area contributed by atoms with Crippen LogP contribution in [0, 0.1) is 0 Å². The average molecular weight is 421 g/mol. The van der Waals surface area contributed by atoms with Gasteiger partial charge < -0.3 is 4.74 Å². The van der Waals surface area contributed by atoms with E-state index in [1.807, 2.05) is 12.1 Å². The van der Waals surface area contributed by atoms with Crippen LogP contribution in [0.25, 0.3) is 10.8 Å². The second-order valence-corrected chi connectivity index (χ2v) is 8.09. The van der Waals surface area contributed by atoms with E-state index < -0.39 is 24.4 Å². The number of aromatic nitrogens is 2. The number of nitrogens with one attached hydrogen (secondary N) is 2. The number of imide groups is 1. The van der Waals surface area contributed by atoms with E-state index >= 15 is 0 Å². The number of aromatic amines is 1. The van der Waals surface area contributed by atoms with Crippen LogP contribution in [0.1, 0.15) is 42.4 Å². The zero-order chi connectivity index (χ0) is 22.6. The van der Waals surface area contributed by atoms with Gasteiger partial charge in [0.1, 0.15) is 0 Å². The number of esters is 1. The highest BCUT2D eigenvalue weighted by molar-refractivity contribution is 6.05. The second kappa shape index (κ2) is 8.91. The average Bonchev–Trinajstić information content (AvgIpc) is 2.74. The molecule has 0 aliphatic carbocycles. The molecule has 1 heterocycles. The molecule has 0 saturated carbocycles. The van der Waals surface area contributed by atoms with E-state index in [0.717, 1.165) is 5.56 Å². The van der Waals surface area contributed by atoms with Gasteiger partial charge in [-0.15, -0.1) is 0 Å². The summed E-state index contributed by atoms with van der Waals surface area (Å²) >= 11 is 0. The third kappa shape index (κ3) is 5.42. The fraction of sp³-hybridized carbons (Fsp3) is 0.261. The highest BCUT2D eigenvalue weighted by Gasteiger charge is 2.17. The second-order valence-electron chi connectivity index (χ2n) is 8.09. The summed E-state index contributed by atoms with van der Waals surface area (Å²) in [4.78, 5) is 48.1. The van der Waals surface area contributed by atoms with Gasteiger partial charge in [0.2, 0.25) is 0 Å². The molecule has 8 heteroatoms. The molecule has 0 radical (unpaired) electrons. The Balaban J connectivity index is 1.55. The summed E-state index contributed by atoms with van der Waals surface area (Å²) in [7, 11) is 0. The third-order valence-electron chi connectivity index (χ3n) is 4.72. The van der Waals surface area contributed by atoms with Gasteiger partial charge >= 0.3 is 5.97 Å². The molecule has 2 amide bonds. The SMILES string of the molecule is CC(C)(C)c1ccc(C(=O)NC(=O)COC(=O)Cc2n[nH]c(=O)c3ccccc23)cc1. The molecule has 3 rings (SSSR count). The lowest BCUT2D eigenvalue weighted by molar-refractivity contribution is -0.147. The molecule has 2 N–H and O–H groups in total. The first kappa shape index (κ1) is 21.9. The minimum Gasteiger partial charge on any atom is -0.455 e. The number of H-pyrrole nitrogens is 1. The van der Waals surface area contributed by atoms with Gasteiger partial charge in [-0.05, 0) is 29.2 Å². The molecule has 0 fully saturated rings. The van der Waals surface area contributed by atoms with Crippen molar-refractivity contribution < 1.29 is 19.1 Å². The van der Waals surface area contributed by atoms with Crippen molar-refractivity contribution in [1.82, 2.24) is 15.5 Å². The molecule has 3 aromatic rings. The summed E-state index contributed by atoms with van der Waals surface area (Å²) in [6.45, 7) is 5.58. The maximum atomic E-state index is 12.2. The zero-order valence-electron chi connectivity index (χ0n) is 17.5. The number of carbonyl (C=O) groups excluding carboxylic acids is 3. The van der Waals surface area contributed by atoms with Crippen LogP contribution in [0.3, 0.4) is 0 Å². The minimum absolute atomic E-state index is 0.0506. The first-order valence-corrected chi connectivity index (χ1v) is 9.72. The molecule has 0 aliphatic heterocycles. The van der Waals surface area contributed by atoms with Crippen molar-refractivity contribution in [3.8, 4) is 0 Å². The Morgan fingerprint density at radius 1 is 1.00 bits per heavy atom. The van der Waals surface area contributed by atoms with Crippen LogP contribution in [0.15, 0.2) is 53.3 Å². The maximum Gasteiger partial charge on any atom is 0.312 e. The summed E-state index contributed by atoms with van der Waals surface area (Å²) in [5.41, 5.74) is 1.31. The fourth-order valence-corrected chi connectivity index (χ4v) is 3.00. The van der Waals surface area contributed by atoms with Crippen molar-refractivity contribution in [3.05, 3.63) is 75.7 Å². The molecule has 1 aromatic heterocycles. The van der Waals surface area contributed by atoms with Crippen molar-refractivity contribution in [2.45, 2.75) is 32.6 Å².